The molecule has 2 aromatic carbocycles. The molecule has 0 spiro atoms. The van der Waals surface area contributed by atoms with Crippen LogP contribution in [0, 0.1) is 5.92 Å². The standard InChI is InChI=1S/C28H34N4O/c33-28(29-17-16-22-10-4-1-5-11-22)25-21-32-19-18-31(20-23-12-6-2-7-13-23)26(27(32)30-25)24-14-8-3-9-15-24/h1,3-5,8-11,14-15,21,23,26H,2,6-7,12-13,16-20H2,(H,29,33). The third kappa shape index (κ3) is 5.19. The minimum Gasteiger partial charge on any atom is -0.350 e. The van der Waals surface area contributed by atoms with Gasteiger partial charge in [0.15, 0.2) is 0 Å². The molecule has 5 rings (SSSR count). The Hall–Kier alpha value is -2.92. The van der Waals surface area contributed by atoms with Crippen LogP contribution in [0.1, 0.15) is 65.6 Å². The number of benzene rings is 2. The molecule has 1 saturated carbocycles. The van der Waals surface area contributed by atoms with Gasteiger partial charge in [0.25, 0.3) is 5.91 Å². The quantitative estimate of drug-likeness (QED) is 0.570. The van der Waals surface area contributed by atoms with Gasteiger partial charge < -0.3 is 9.88 Å². The summed E-state index contributed by atoms with van der Waals surface area (Å²) in [4.78, 5) is 20.4. The van der Waals surface area contributed by atoms with E-state index in [2.05, 4.69) is 57.2 Å². The summed E-state index contributed by atoms with van der Waals surface area (Å²) in [6.07, 6.45) is 9.53. The summed E-state index contributed by atoms with van der Waals surface area (Å²) in [7, 11) is 0. The zero-order valence-electron chi connectivity index (χ0n) is 19.3. The van der Waals surface area contributed by atoms with E-state index in [1.165, 1.54) is 43.2 Å². The maximum absolute atomic E-state index is 12.9. The summed E-state index contributed by atoms with van der Waals surface area (Å²) in [6.45, 7) is 3.61. The van der Waals surface area contributed by atoms with Gasteiger partial charge in [-0.05, 0) is 36.3 Å². The van der Waals surface area contributed by atoms with E-state index in [0.717, 1.165) is 37.8 Å². The lowest BCUT2D eigenvalue weighted by Gasteiger charge is -2.39. The summed E-state index contributed by atoms with van der Waals surface area (Å²) < 4.78 is 2.20. The van der Waals surface area contributed by atoms with Crippen molar-refractivity contribution in [1.29, 1.82) is 0 Å². The Morgan fingerprint density at radius 2 is 1.67 bits per heavy atom. The fourth-order valence-electron chi connectivity index (χ4n) is 5.41. The first-order chi connectivity index (χ1) is 16.3. The zero-order chi connectivity index (χ0) is 22.5. The van der Waals surface area contributed by atoms with E-state index in [9.17, 15) is 4.79 Å². The number of aromatic nitrogens is 2. The number of amides is 1. The van der Waals surface area contributed by atoms with Crippen LogP contribution in [0.4, 0.5) is 0 Å². The van der Waals surface area contributed by atoms with E-state index in [4.69, 9.17) is 4.98 Å². The normalized spacial score (nSPS) is 19.2. The number of hydrogen-bond acceptors (Lipinski definition) is 3. The zero-order valence-corrected chi connectivity index (χ0v) is 19.3. The smallest absolute Gasteiger partial charge is 0.271 e. The second-order valence-corrected chi connectivity index (χ2v) is 9.48. The van der Waals surface area contributed by atoms with Crippen LogP contribution >= 0.6 is 0 Å². The van der Waals surface area contributed by atoms with Crippen molar-refractivity contribution in [2.45, 2.75) is 51.1 Å². The van der Waals surface area contributed by atoms with Crippen molar-refractivity contribution in [1.82, 2.24) is 19.8 Å². The van der Waals surface area contributed by atoms with Crippen molar-refractivity contribution in [3.8, 4) is 0 Å². The Bertz CT molecular complexity index is 1040. The lowest BCUT2D eigenvalue weighted by Crippen LogP contribution is -2.41. The number of nitrogens with one attached hydrogen (secondary N) is 1. The highest BCUT2D eigenvalue weighted by atomic mass is 16.1. The minimum atomic E-state index is -0.0847. The highest BCUT2D eigenvalue weighted by molar-refractivity contribution is 5.92. The molecule has 1 aliphatic carbocycles. The molecule has 5 nitrogen and oxygen atoms in total. The van der Waals surface area contributed by atoms with E-state index < -0.39 is 0 Å². The summed E-state index contributed by atoms with van der Waals surface area (Å²) in [5.41, 5.74) is 3.01. The molecule has 172 valence electrons. The van der Waals surface area contributed by atoms with Gasteiger partial charge in [-0.15, -0.1) is 0 Å². The van der Waals surface area contributed by atoms with E-state index in [-0.39, 0.29) is 11.9 Å². The van der Waals surface area contributed by atoms with Gasteiger partial charge in [0.2, 0.25) is 0 Å². The molecule has 1 fully saturated rings. The predicted molar refractivity (Wildman–Crippen MR) is 131 cm³/mol. The SMILES string of the molecule is O=C(NCCc1ccccc1)c1cn2c(n1)C(c1ccccc1)N(CC1CCCCC1)CC2. The van der Waals surface area contributed by atoms with Crippen molar-refractivity contribution >= 4 is 5.91 Å². The fraction of sp³-hybridized carbons (Fsp3) is 0.429. The average molecular weight is 443 g/mol. The third-order valence-corrected chi connectivity index (χ3v) is 7.15. The Morgan fingerprint density at radius 1 is 0.939 bits per heavy atom. The first-order valence-electron chi connectivity index (χ1n) is 12.5. The van der Waals surface area contributed by atoms with Crippen LogP contribution in [-0.4, -0.2) is 40.0 Å². The number of hydrogen-bond donors (Lipinski definition) is 1. The molecule has 0 radical (unpaired) electrons. The van der Waals surface area contributed by atoms with Crippen molar-refractivity contribution in [2.75, 3.05) is 19.6 Å². The van der Waals surface area contributed by atoms with E-state index in [1.54, 1.807) is 0 Å². The molecular formula is C28H34N4O. The van der Waals surface area contributed by atoms with E-state index in [1.807, 2.05) is 24.4 Å². The Morgan fingerprint density at radius 3 is 2.42 bits per heavy atom. The summed E-state index contributed by atoms with van der Waals surface area (Å²) in [6, 6.07) is 21.0. The molecule has 1 unspecified atom stereocenters. The van der Waals surface area contributed by atoms with Gasteiger partial charge >= 0.3 is 0 Å². The number of fused-ring (bicyclic) bond motifs is 1. The molecule has 0 bridgehead atoms. The molecule has 0 saturated heterocycles. The van der Waals surface area contributed by atoms with Crippen molar-refractivity contribution in [2.24, 2.45) is 5.92 Å². The Kier molecular flexibility index (Phi) is 6.87. The van der Waals surface area contributed by atoms with Crippen molar-refractivity contribution < 1.29 is 4.79 Å². The first-order valence-corrected chi connectivity index (χ1v) is 12.5. The lowest BCUT2D eigenvalue weighted by molar-refractivity contribution is 0.0949. The van der Waals surface area contributed by atoms with Crippen LogP contribution in [0.15, 0.2) is 66.9 Å². The molecule has 1 N–H and O–H groups in total. The molecule has 3 aromatic rings. The number of rotatable bonds is 7. The van der Waals surface area contributed by atoms with Crippen LogP contribution < -0.4 is 5.32 Å². The van der Waals surface area contributed by atoms with Gasteiger partial charge in [0.05, 0.1) is 6.04 Å². The molecule has 33 heavy (non-hydrogen) atoms. The molecule has 1 atom stereocenters. The highest BCUT2D eigenvalue weighted by Gasteiger charge is 2.33. The van der Waals surface area contributed by atoms with Gasteiger partial charge in [-0.3, -0.25) is 9.69 Å². The van der Waals surface area contributed by atoms with Gasteiger partial charge in [-0.1, -0.05) is 79.9 Å². The molecule has 2 heterocycles. The van der Waals surface area contributed by atoms with Gasteiger partial charge in [0, 0.05) is 32.4 Å². The average Bonchev–Trinajstić information content (AvgIpc) is 3.30. The maximum Gasteiger partial charge on any atom is 0.271 e. The van der Waals surface area contributed by atoms with Crippen LogP contribution in [0.5, 0.6) is 0 Å². The van der Waals surface area contributed by atoms with Crippen molar-refractivity contribution in [3.05, 3.63) is 89.5 Å². The summed E-state index contributed by atoms with van der Waals surface area (Å²) >= 11 is 0. The topological polar surface area (TPSA) is 50.2 Å². The second kappa shape index (κ2) is 10.3. The third-order valence-electron chi connectivity index (χ3n) is 7.15. The van der Waals surface area contributed by atoms with Crippen LogP contribution in [0.2, 0.25) is 0 Å². The highest BCUT2D eigenvalue weighted by Crippen LogP contribution is 2.34. The molecule has 5 heteroatoms. The van der Waals surface area contributed by atoms with Crippen molar-refractivity contribution in [3.63, 3.8) is 0 Å². The van der Waals surface area contributed by atoms with E-state index in [0.29, 0.717) is 12.2 Å². The molecular weight excluding hydrogens is 408 g/mol. The monoisotopic (exact) mass is 442 g/mol. The Balaban J connectivity index is 1.33. The molecule has 2 aliphatic rings. The van der Waals surface area contributed by atoms with Gasteiger partial charge in [-0.25, -0.2) is 4.98 Å². The first kappa shape index (κ1) is 21.9. The van der Waals surface area contributed by atoms with Crippen LogP contribution in [0.25, 0.3) is 0 Å². The second-order valence-electron chi connectivity index (χ2n) is 9.48. The molecule has 1 aromatic heterocycles. The van der Waals surface area contributed by atoms with E-state index >= 15 is 0 Å². The predicted octanol–water partition coefficient (Wildman–Crippen LogP) is 4.84. The molecule has 1 amide bonds. The summed E-state index contributed by atoms with van der Waals surface area (Å²) in [5.74, 6) is 1.68. The number of imidazole rings is 1. The number of nitrogens with zero attached hydrogens (tertiary/aromatic N) is 3. The molecule has 1 aliphatic heterocycles. The maximum atomic E-state index is 12.9. The minimum absolute atomic E-state index is 0.0847. The van der Waals surface area contributed by atoms with Gasteiger partial charge in [-0.2, -0.15) is 0 Å². The lowest BCUT2D eigenvalue weighted by atomic mass is 9.88. The van der Waals surface area contributed by atoms with Crippen LogP contribution in [-0.2, 0) is 13.0 Å². The number of carbonyl (C=O) groups is 1. The largest absolute Gasteiger partial charge is 0.350 e. The Labute approximate surface area is 196 Å². The summed E-state index contributed by atoms with van der Waals surface area (Å²) in [5, 5.41) is 3.06. The number of carbonyl (C=O) groups excluding carboxylic acids is 1. The van der Waals surface area contributed by atoms with Crippen LogP contribution in [0.3, 0.4) is 0 Å². The fourth-order valence-corrected chi connectivity index (χ4v) is 5.41. The van der Waals surface area contributed by atoms with Gasteiger partial charge in [0.1, 0.15) is 11.5 Å².